The Bertz CT molecular complexity index is 744. The number of amides is 1. The number of carbonyl (C=O) groups excluding carboxylic acids is 1. The summed E-state index contributed by atoms with van der Waals surface area (Å²) < 4.78 is 0.744. The van der Waals surface area contributed by atoms with E-state index in [4.69, 9.17) is 0 Å². The highest BCUT2D eigenvalue weighted by Crippen LogP contribution is 2.25. The van der Waals surface area contributed by atoms with E-state index >= 15 is 0 Å². The SMILES string of the molecule is O=C(Nc1nc2ccc(Br)nc2s1)c1cccnc1. The van der Waals surface area contributed by atoms with Crippen LogP contribution in [-0.4, -0.2) is 20.9 Å². The average molecular weight is 335 g/mol. The van der Waals surface area contributed by atoms with Crippen LogP contribution >= 0.6 is 27.3 Å². The summed E-state index contributed by atoms with van der Waals surface area (Å²) in [5, 5.41) is 3.26. The van der Waals surface area contributed by atoms with Gasteiger partial charge in [0.05, 0.1) is 5.56 Å². The molecule has 0 saturated carbocycles. The van der Waals surface area contributed by atoms with E-state index in [1.807, 2.05) is 12.1 Å². The number of aromatic nitrogens is 3. The van der Waals surface area contributed by atoms with Crippen molar-refractivity contribution in [1.82, 2.24) is 15.0 Å². The molecule has 0 atom stereocenters. The number of thiazole rings is 1. The molecule has 0 aliphatic heterocycles. The normalized spacial score (nSPS) is 10.6. The van der Waals surface area contributed by atoms with Crippen molar-refractivity contribution < 1.29 is 4.79 Å². The van der Waals surface area contributed by atoms with Gasteiger partial charge in [-0.3, -0.25) is 15.1 Å². The molecule has 5 nitrogen and oxygen atoms in total. The number of fused-ring (bicyclic) bond motifs is 1. The van der Waals surface area contributed by atoms with Crippen LogP contribution in [0.3, 0.4) is 0 Å². The molecule has 0 spiro atoms. The van der Waals surface area contributed by atoms with Crippen molar-refractivity contribution >= 4 is 48.7 Å². The summed E-state index contributed by atoms with van der Waals surface area (Å²) in [5.74, 6) is -0.230. The summed E-state index contributed by atoms with van der Waals surface area (Å²) in [6, 6.07) is 7.08. The van der Waals surface area contributed by atoms with Crippen molar-refractivity contribution in [1.29, 1.82) is 0 Å². The Morgan fingerprint density at radius 2 is 2.16 bits per heavy atom. The molecule has 0 radical (unpaired) electrons. The maximum Gasteiger partial charge on any atom is 0.259 e. The Kier molecular flexibility index (Phi) is 3.22. The van der Waals surface area contributed by atoms with Crippen molar-refractivity contribution in [3.63, 3.8) is 0 Å². The molecule has 3 aromatic heterocycles. The number of carbonyl (C=O) groups is 1. The van der Waals surface area contributed by atoms with Gasteiger partial charge in [-0.15, -0.1) is 0 Å². The van der Waals surface area contributed by atoms with E-state index in [-0.39, 0.29) is 5.91 Å². The molecule has 0 unspecified atom stereocenters. The van der Waals surface area contributed by atoms with Crippen molar-refractivity contribution in [3.8, 4) is 0 Å². The van der Waals surface area contributed by atoms with Gasteiger partial charge in [0.15, 0.2) is 5.13 Å². The van der Waals surface area contributed by atoms with Crippen molar-refractivity contribution in [2.45, 2.75) is 0 Å². The molecule has 0 aromatic carbocycles. The molecule has 19 heavy (non-hydrogen) atoms. The van der Waals surface area contributed by atoms with Crippen LogP contribution < -0.4 is 5.32 Å². The van der Waals surface area contributed by atoms with Gasteiger partial charge in [0, 0.05) is 12.4 Å². The topological polar surface area (TPSA) is 67.8 Å². The van der Waals surface area contributed by atoms with Gasteiger partial charge in [0.25, 0.3) is 5.91 Å². The van der Waals surface area contributed by atoms with E-state index in [0.717, 1.165) is 15.0 Å². The molecule has 0 aliphatic rings. The molecule has 3 heterocycles. The van der Waals surface area contributed by atoms with E-state index in [1.165, 1.54) is 17.5 Å². The van der Waals surface area contributed by atoms with Crippen LogP contribution in [0.25, 0.3) is 10.3 Å². The zero-order valence-electron chi connectivity index (χ0n) is 9.50. The summed E-state index contributed by atoms with van der Waals surface area (Å²) >= 11 is 4.63. The lowest BCUT2D eigenvalue weighted by Crippen LogP contribution is -2.11. The van der Waals surface area contributed by atoms with E-state index in [1.54, 1.807) is 18.3 Å². The van der Waals surface area contributed by atoms with Gasteiger partial charge < -0.3 is 0 Å². The highest BCUT2D eigenvalue weighted by molar-refractivity contribution is 9.10. The minimum absolute atomic E-state index is 0.230. The van der Waals surface area contributed by atoms with Crippen LogP contribution in [-0.2, 0) is 0 Å². The van der Waals surface area contributed by atoms with Gasteiger partial charge >= 0.3 is 0 Å². The molecule has 7 heteroatoms. The fraction of sp³-hybridized carbons (Fsp3) is 0. The van der Waals surface area contributed by atoms with Gasteiger partial charge in [-0.05, 0) is 40.2 Å². The standard InChI is InChI=1S/C12H7BrN4OS/c13-9-4-3-8-11(16-9)19-12(15-8)17-10(18)7-2-1-5-14-6-7/h1-6H,(H,15,17,18). The third kappa shape index (κ3) is 2.61. The first-order valence-corrected chi connectivity index (χ1v) is 6.98. The Morgan fingerprint density at radius 1 is 1.26 bits per heavy atom. The molecule has 3 aromatic rings. The van der Waals surface area contributed by atoms with Crippen LogP contribution in [0.4, 0.5) is 5.13 Å². The minimum Gasteiger partial charge on any atom is -0.298 e. The van der Waals surface area contributed by atoms with E-state index in [2.05, 4.69) is 36.2 Å². The number of rotatable bonds is 2. The van der Waals surface area contributed by atoms with Crippen LogP contribution in [0, 0.1) is 0 Å². The van der Waals surface area contributed by atoms with Gasteiger partial charge in [0.1, 0.15) is 15.0 Å². The highest BCUT2D eigenvalue weighted by atomic mass is 79.9. The van der Waals surface area contributed by atoms with Crippen molar-refractivity contribution in [3.05, 3.63) is 46.8 Å². The lowest BCUT2D eigenvalue weighted by molar-refractivity contribution is 0.102. The molecule has 1 N–H and O–H groups in total. The Labute approximate surface area is 120 Å². The van der Waals surface area contributed by atoms with E-state index in [9.17, 15) is 4.79 Å². The first kappa shape index (κ1) is 12.2. The number of nitrogens with zero attached hydrogens (tertiary/aromatic N) is 3. The molecule has 3 rings (SSSR count). The van der Waals surface area contributed by atoms with E-state index < -0.39 is 0 Å². The van der Waals surface area contributed by atoms with Crippen LogP contribution in [0.15, 0.2) is 41.3 Å². The second kappa shape index (κ2) is 5.02. The van der Waals surface area contributed by atoms with Crippen LogP contribution in [0.1, 0.15) is 10.4 Å². The fourth-order valence-corrected chi connectivity index (χ4v) is 2.77. The van der Waals surface area contributed by atoms with Crippen LogP contribution in [0.5, 0.6) is 0 Å². The first-order valence-electron chi connectivity index (χ1n) is 5.37. The summed E-state index contributed by atoms with van der Waals surface area (Å²) in [6.07, 6.45) is 3.13. The predicted molar refractivity (Wildman–Crippen MR) is 77.3 cm³/mol. The molecule has 0 saturated heterocycles. The zero-order chi connectivity index (χ0) is 13.2. The molecular weight excluding hydrogens is 328 g/mol. The Balaban J connectivity index is 1.87. The number of hydrogen-bond donors (Lipinski definition) is 1. The summed E-state index contributed by atoms with van der Waals surface area (Å²) in [6.45, 7) is 0. The van der Waals surface area contributed by atoms with Gasteiger partial charge in [0.2, 0.25) is 0 Å². The number of anilines is 1. The maximum atomic E-state index is 11.9. The first-order chi connectivity index (χ1) is 9.22. The molecule has 1 amide bonds. The molecule has 0 aliphatic carbocycles. The zero-order valence-corrected chi connectivity index (χ0v) is 11.9. The highest BCUT2D eigenvalue weighted by Gasteiger charge is 2.10. The van der Waals surface area contributed by atoms with E-state index in [0.29, 0.717) is 10.7 Å². The fourth-order valence-electron chi connectivity index (χ4n) is 1.51. The minimum atomic E-state index is -0.230. The number of nitrogens with one attached hydrogen (secondary N) is 1. The van der Waals surface area contributed by atoms with Crippen LogP contribution in [0.2, 0.25) is 0 Å². The van der Waals surface area contributed by atoms with Gasteiger partial charge in [-0.2, -0.15) is 0 Å². The molecule has 0 bridgehead atoms. The maximum absolute atomic E-state index is 11.9. The summed E-state index contributed by atoms with van der Waals surface area (Å²) in [5.41, 5.74) is 1.26. The second-order valence-electron chi connectivity index (χ2n) is 3.67. The van der Waals surface area contributed by atoms with Gasteiger partial charge in [-0.25, -0.2) is 9.97 Å². The third-order valence-electron chi connectivity index (χ3n) is 2.37. The van der Waals surface area contributed by atoms with Crippen molar-refractivity contribution in [2.75, 3.05) is 5.32 Å². The lowest BCUT2D eigenvalue weighted by Gasteiger charge is -1.99. The Morgan fingerprint density at radius 3 is 2.95 bits per heavy atom. The smallest absolute Gasteiger partial charge is 0.259 e. The quantitative estimate of drug-likeness (QED) is 0.731. The number of hydrogen-bond acceptors (Lipinski definition) is 5. The monoisotopic (exact) mass is 334 g/mol. The number of halogens is 1. The predicted octanol–water partition coefficient (Wildman–Crippen LogP) is 3.10. The molecule has 0 fully saturated rings. The largest absolute Gasteiger partial charge is 0.298 e. The van der Waals surface area contributed by atoms with Gasteiger partial charge in [-0.1, -0.05) is 11.3 Å². The molecule has 94 valence electrons. The summed E-state index contributed by atoms with van der Waals surface area (Å²) in [7, 11) is 0. The molecular formula is C12H7BrN4OS. The lowest BCUT2D eigenvalue weighted by atomic mass is 10.3. The average Bonchev–Trinajstić information content (AvgIpc) is 2.81. The second-order valence-corrected chi connectivity index (χ2v) is 5.46. The Hall–Kier alpha value is -1.86. The summed E-state index contributed by atoms with van der Waals surface area (Å²) in [4.78, 5) is 25.2. The van der Waals surface area contributed by atoms with Crippen molar-refractivity contribution in [2.24, 2.45) is 0 Å². The third-order valence-corrected chi connectivity index (χ3v) is 3.69. The number of pyridine rings is 2.